The summed E-state index contributed by atoms with van der Waals surface area (Å²) in [4.78, 5) is 2.46. The molecule has 1 atom stereocenters. The Balaban J connectivity index is 2.07. The monoisotopic (exact) mass is 288 g/mol. The zero-order chi connectivity index (χ0) is 15.1. The summed E-state index contributed by atoms with van der Waals surface area (Å²) in [5, 5.41) is 0. The second-order valence-electron chi connectivity index (χ2n) is 6.19. The van der Waals surface area contributed by atoms with Crippen LogP contribution in [0.5, 0.6) is 0 Å². The number of ether oxygens (including phenoxy) is 1. The summed E-state index contributed by atoms with van der Waals surface area (Å²) < 4.78 is 5.66. The van der Waals surface area contributed by atoms with Gasteiger partial charge in [0.15, 0.2) is 0 Å². The number of benzene rings is 1. The van der Waals surface area contributed by atoms with Gasteiger partial charge in [-0.05, 0) is 23.5 Å². The standard InChI is InChI=1S/C18H28N2O/c1-15(2)8-9-17(16-6-4-3-5-7-16)13-20-10-11-21-18(12-19)14-20/h3-7,9,15,18H,8,10-14,19H2,1-2H3/b17-9+/t18-/m1/s1. The summed E-state index contributed by atoms with van der Waals surface area (Å²) in [5.41, 5.74) is 8.49. The fourth-order valence-electron chi connectivity index (χ4n) is 2.61. The van der Waals surface area contributed by atoms with E-state index >= 15 is 0 Å². The van der Waals surface area contributed by atoms with Gasteiger partial charge in [0.2, 0.25) is 0 Å². The highest BCUT2D eigenvalue weighted by molar-refractivity contribution is 5.66. The minimum atomic E-state index is 0.181. The zero-order valence-electron chi connectivity index (χ0n) is 13.3. The molecule has 116 valence electrons. The fraction of sp³-hybridized carbons (Fsp3) is 0.556. The second-order valence-corrected chi connectivity index (χ2v) is 6.19. The summed E-state index contributed by atoms with van der Waals surface area (Å²) in [6.07, 6.45) is 3.70. The van der Waals surface area contributed by atoms with Gasteiger partial charge >= 0.3 is 0 Å². The van der Waals surface area contributed by atoms with Crippen molar-refractivity contribution in [2.24, 2.45) is 11.7 Å². The quantitative estimate of drug-likeness (QED) is 0.875. The third-order valence-corrected chi connectivity index (χ3v) is 3.86. The number of hydrogen-bond acceptors (Lipinski definition) is 3. The number of nitrogens with zero attached hydrogens (tertiary/aromatic N) is 1. The molecular formula is C18H28N2O. The van der Waals surface area contributed by atoms with Crippen molar-refractivity contribution in [2.75, 3.05) is 32.8 Å². The summed E-state index contributed by atoms with van der Waals surface area (Å²) >= 11 is 0. The van der Waals surface area contributed by atoms with Crippen LogP contribution in [0.25, 0.3) is 5.57 Å². The van der Waals surface area contributed by atoms with Crippen molar-refractivity contribution in [2.45, 2.75) is 26.4 Å². The van der Waals surface area contributed by atoms with Gasteiger partial charge in [0.25, 0.3) is 0 Å². The first-order chi connectivity index (χ1) is 10.2. The minimum Gasteiger partial charge on any atom is -0.374 e. The van der Waals surface area contributed by atoms with Crippen LogP contribution in [-0.2, 0) is 4.74 Å². The molecule has 1 aliphatic rings. The first-order valence-corrected chi connectivity index (χ1v) is 7.97. The summed E-state index contributed by atoms with van der Waals surface area (Å²) in [7, 11) is 0. The number of allylic oxidation sites excluding steroid dienone is 1. The molecule has 0 bridgehead atoms. The van der Waals surface area contributed by atoms with Crippen LogP contribution in [0.2, 0.25) is 0 Å². The van der Waals surface area contributed by atoms with Crippen LogP contribution in [0.15, 0.2) is 36.4 Å². The smallest absolute Gasteiger partial charge is 0.0824 e. The highest BCUT2D eigenvalue weighted by atomic mass is 16.5. The number of nitrogens with two attached hydrogens (primary N) is 1. The lowest BCUT2D eigenvalue weighted by Gasteiger charge is -2.33. The topological polar surface area (TPSA) is 38.5 Å². The highest BCUT2D eigenvalue weighted by Gasteiger charge is 2.20. The normalized spacial score (nSPS) is 21.0. The predicted octanol–water partition coefficient (Wildman–Crippen LogP) is 2.78. The van der Waals surface area contributed by atoms with Crippen molar-refractivity contribution in [3.63, 3.8) is 0 Å². The van der Waals surface area contributed by atoms with E-state index in [9.17, 15) is 0 Å². The van der Waals surface area contributed by atoms with Crippen molar-refractivity contribution in [3.8, 4) is 0 Å². The van der Waals surface area contributed by atoms with Crippen LogP contribution in [-0.4, -0.2) is 43.8 Å². The Morgan fingerprint density at radius 2 is 2.14 bits per heavy atom. The molecule has 0 unspecified atom stereocenters. The van der Waals surface area contributed by atoms with Crippen molar-refractivity contribution < 1.29 is 4.74 Å². The average Bonchev–Trinajstić information content (AvgIpc) is 2.52. The maximum atomic E-state index is 5.74. The van der Waals surface area contributed by atoms with E-state index in [0.717, 1.165) is 32.7 Å². The zero-order valence-corrected chi connectivity index (χ0v) is 13.3. The molecule has 1 saturated heterocycles. The highest BCUT2D eigenvalue weighted by Crippen LogP contribution is 2.19. The van der Waals surface area contributed by atoms with Crippen molar-refractivity contribution >= 4 is 5.57 Å². The van der Waals surface area contributed by atoms with Gasteiger partial charge in [-0.3, -0.25) is 4.90 Å². The van der Waals surface area contributed by atoms with Gasteiger partial charge in [-0.25, -0.2) is 0 Å². The molecule has 1 aliphatic heterocycles. The van der Waals surface area contributed by atoms with E-state index in [4.69, 9.17) is 10.5 Å². The molecule has 2 N–H and O–H groups in total. The Kier molecular flexibility index (Phi) is 6.43. The fourth-order valence-corrected chi connectivity index (χ4v) is 2.61. The number of hydrogen-bond donors (Lipinski definition) is 1. The Labute approximate surface area is 128 Å². The Morgan fingerprint density at radius 1 is 1.38 bits per heavy atom. The van der Waals surface area contributed by atoms with Crippen molar-refractivity contribution in [3.05, 3.63) is 42.0 Å². The van der Waals surface area contributed by atoms with Crippen LogP contribution in [0.1, 0.15) is 25.8 Å². The molecule has 1 fully saturated rings. The molecule has 1 aromatic carbocycles. The molecule has 0 radical (unpaired) electrons. The van der Waals surface area contributed by atoms with Gasteiger partial charge in [-0.2, -0.15) is 0 Å². The SMILES string of the molecule is CC(C)C/C=C(\CN1CCO[C@H](CN)C1)c1ccccc1. The largest absolute Gasteiger partial charge is 0.374 e. The molecule has 0 aromatic heterocycles. The van der Waals surface area contributed by atoms with Crippen molar-refractivity contribution in [1.29, 1.82) is 0 Å². The molecule has 0 amide bonds. The van der Waals surface area contributed by atoms with E-state index < -0.39 is 0 Å². The van der Waals surface area contributed by atoms with Crippen LogP contribution in [0.4, 0.5) is 0 Å². The van der Waals surface area contributed by atoms with Crippen LogP contribution >= 0.6 is 0 Å². The number of rotatable bonds is 6. The molecular weight excluding hydrogens is 260 g/mol. The van der Waals surface area contributed by atoms with Crippen molar-refractivity contribution in [1.82, 2.24) is 4.90 Å². The molecule has 1 aromatic rings. The molecule has 3 nitrogen and oxygen atoms in total. The molecule has 0 aliphatic carbocycles. The van der Waals surface area contributed by atoms with E-state index in [1.165, 1.54) is 11.1 Å². The van der Waals surface area contributed by atoms with Crippen LogP contribution in [0.3, 0.4) is 0 Å². The predicted molar refractivity (Wildman–Crippen MR) is 89.1 cm³/mol. The van der Waals surface area contributed by atoms with E-state index in [2.05, 4.69) is 55.2 Å². The second kappa shape index (κ2) is 8.32. The van der Waals surface area contributed by atoms with Gasteiger partial charge in [0.1, 0.15) is 0 Å². The molecule has 3 heteroatoms. The molecule has 0 saturated carbocycles. The number of morpholine rings is 1. The lowest BCUT2D eigenvalue weighted by atomic mass is 10.0. The van der Waals surface area contributed by atoms with Gasteiger partial charge in [-0.1, -0.05) is 50.3 Å². The van der Waals surface area contributed by atoms with Gasteiger partial charge in [0.05, 0.1) is 12.7 Å². The van der Waals surface area contributed by atoms with E-state index in [1.807, 2.05) is 0 Å². The summed E-state index contributed by atoms with van der Waals surface area (Å²) in [6, 6.07) is 10.7. The maximum Gasteiger partial charge on any atom is 0.0824 e. The first-order valence-electron chi connectivity index (χ1n) is 7.97. The van der Waals surface area contributed by atoms with Crippen LogP contribution < -0.4 is 5.73 Å². The molecule has 1 heterocycles. The van der Waals surface area contributed by atoms with Crippen LogP contribution in [0, 0.1) is 5.92 Å². The third-order valence-electron chi connectivity index (χ3n) is 3.86. The minimum absolute atomic E-state index is 0.181. The van der Waals surface area contributed by atoms with Gasteiger partial charge < -0.3 is 10.5 Å². The maximum absolute atomic E-state index is 5.74. The van der Waals surface area contributed by atoms with E-state index in [1.54, 1.807) is 0 Å². The Morgan fingerprint density at radius 3 is 2.81 bits per heavy atom. The lowest BCUT2D eigenvalue weighted by Crippen LogP contribution is -2.46. The summed E-state index contributed by atoms with van der Waals surface area (Å²) in [5.74, 6) is 0.685. The van der Waals surface area contributed by atoms with E-state index in [-0.39, 0.29) is 6.10 Å². The lowest BCUT2D eigenvalue weighted by molar-refractivity contribution is -0.0183. The van der Waals surface area contributed by atoms with Gasteiger partial charge in [0, 0.05) is 26.2 Å². The third kappa shape index (κ3) is 5.27. The van der Waals surface area contributed by atoms with Gasteiger partial charge in [-0.15, -0.1) is 0 Å². The molecule has 0 spiro atoms. The molecule has 21 heavy (non-hydrogen) atoms. The Hall–Kier alpha value is -1.16. The first kappa shape index (κ1) is 16.2. The summed E-state index contributed by atoms with van der Waals surface area (Å²) in [6.45, 7) is 8.82. The average molecular weight is 288 g/mol. The molecule has 2 rings (SSSR count). The van der Waals surface area contributed by atoms with E-state index in [0.29, 0.717) is 12.5 Å². The Bertz CT molecular complexity index is 442.